The molecule has 4 nitrogen and oxygen atoms in total. The summed E-state index contributed by atoms with van der Waals surface area (Å²) in [4.78, 5) is 3.86. The van der Waals surface area contributed by atoms with Crippen LogP contribution >= 0.6 is 0 Å². The fraction of sp³-hybridized carbons (Fsp3) is 0.375. The highest BCUT2D eigenvalue weighted by Crippen LogP contribution is 2.31. The molecule has 2 heterocycles. The van der Waals surface area contributed by atoms with Gasteiger partial charge in [-0.05, 0) is 0 Å². The highest BCUT2D eigenvalue weighted by molar-refractivity contribution is 5.39. The molecule has 0 fully saturated rings. The second-order valence-corrected chi connectivity index (χ2v) is 2.62. The van der Waals surface area contributed by atoms with Crippen LogP contribution in [0.15, 0.2) is 12.3 Å². The van der Waals surface area contributed by atoms with Crippen molar-refractivity contribution in [2.45, 2.75) is 13.0 Å². The Labute approximate surface area is 73.9 Å². The topological polar surface area (TPSA) is 51.6 Å². The number of rotatable bonds is 1. The van der Waals surface area contributed by atoms with Gasteiger partial charge in [0.25, 0.3) is 6.36 Å². The summed E-state index contributed by atoms with van der Waals surface area (Å²) in [7, 11) is 0. The van der Waals surface area contributed by atoms with Crippen LogP contribution in [-0.2, 0) is 6.61 Å². The molecule has 70 valence electrons. The molecular formula is C8H8FNO3. The van der Waals surface area contributed by atoms with Crippen molar-refractivity contribution in [2.24, 2.45) is 0 Å². The molecular weight excluding hydrogens is 177 g/mol. The highest BCUT2D eigenvalue weighted by atomic mass is 19.1. The number of hydrogen-bond donors (Lipinski definition) is 1. The van der Waals surface area contributed by atoms with Crippen molar-refractivity contribution in [3.8, 4) is 11.5 Å². The van der Waals surface area contributed by atoms with E-state index in [9.17, 15) is 4.39 Å². The first-order valence-electron chi connectivity index (χ1n) is 3.83. The van der Waals surface area contributed by atoms with Gasteiger partial charge in [0.2, 0.25) is 0 Å². The number of alkyl halides is 1. The van der Waals surface area contributed by atoms with E-state index in [-0.39, 0.29) is 19.0 Å². The molecule has 0 aliphatic carbocycles. The van der Waals surface area contributed by atoms with Gasteiger partial charge in [0.1, 0.15) is 0 Å². The minimum Gasteiger partial charge on any atom is -0.481 e. The summed E-state index contributed by atoms with van der Waals surface area (Å²) in [5, 5.41) is 8.75. The summed E-state index contributed by atoms with van der Waals surface area (Å²) in [5.74, 6) is 0.698. The number of aromatic nitrogens is 1. The number of aliphatic hydroxyl groups excluding tert-OH is 1. The second kappa shape index (κ2) is 3.18. The number of nitrogens with zero attached hydrogens (tertiary/aromatic N) is 1. The number of ether oxygens (including phenoxy) is 2. The molecule has 1 unspecified atom stereocenters. The Morgan fingerprint density at radius 3 is 3.23 bits per heavy atom. The third-order valence-corrected chi connectivity index (χ3v) is 1.67. The number of fused-ring (bicyclic) bond motifs is 1. The Morgan fingerprint density at radius 1 is 1.62 bits per heavy atom. The van der Waals surface area contributed by atoms with Crippen LogP contribution in [0.1, 0.15) is 5.69 Å². The van der Waals surface area contributed by atoms with Gasteiger partial charge in [0.15, 0.2) is 18.1 Å². The first-order chi connectivity index (χ1) is 6.29. The number of aliphatic hydroxyl groups is 1. The largest absolute Gasteiger partial charge is 0.481 e. The third-order valence-electron chi connectivity index (χ3n) is 1.67. The maximum atomic E-state index is 12.7. The Kier molecular flexibility index (Phi) is 2.02. The Bertz CT molecular complexity index is 318. The van der Waals surface area contributed by atoms with Crippen LogP contribution in [0, 0.1) is 0 Å². The van der Waals surface area contributed by atoms with Crippen LogP contribution in [0.2, 0.25) is 0 Å². The van der Waals surface area contributed by atoms with E-state index in [4.69, 9.17) is 14.6 Å². The summed E-state index contributed by atoms with van der Waals surface area (Å²) < 4.78 is 22.5. The molecule has 1 aromatic rings. The lowest BCUT2D eigenvalue weighted by molar-refractivity contribution is -0.00344. The first kappa shape index (κ1) is 8.25. The molecule has 0 bridgehead atoms. The van der Waals surface area contributed by atoms with Gasteiger partial charge in [0, 0.05) is 6.07 Å². The minimum atomic E-state index is -1.44. The lowest BCUT2D eigenvalue weighted by atomic mass is 10.3. The zero-order valence-corrected chi connectivity index (χ0v) is 6.74. The zero-order valence-electron chi connectivity index (χ0n) is 6.74. The number of halogens is 1. The molecule has 0 saturated heterocycles. The first-order valence-corrected chi connectivity index (χ1v) is 3.83. The summed E-state index contributed by atoms with van der Waals surface area (Å²) in [6.07, 6.45) is -0.0336. The van der Waals surface area contributed by atoms with Crippen LogP contribution in [0.5, 0.6) is 11.5 Å². The van der Waals surface area contributed by atoms with Gasteiger partial charge >= 0.3 is 0 Å². The average molecular weight is 185 g/mol. The SMILES string of the molecule is OCc1cc2c(cn1)OCC(F)O2. The van der Waals surface area contributed by atoms with Crippen LogP contribution in [0.25, 0.3) is 0 Å². The van der Waals surface area contributed by atoms with E-state index in [1.165, 1.54) is 12.3 Å². The van der Waals surface area contributed by atoms with E-state index in [0.29, 0.717) is 11.4 Å². The Morgan fingerprint density at radius 2 is 2.46 bits per heavy atom. The van der Waals surface area contributed by atoms with Gasteiger partial charge in [-0.3, -0.25) is 4.98 Å². The number of pyridine rings is 1. The van der Waals surface area contributed by atoms with Gasteiger partial charge < -0.3 is 14.6 Å². The molecule has 0 amide bonds. The molecule has 1 aromatic heterocycles. The maximum Gasteiger partial charge on any atom is 0.272 e. The zero-order chi connectivity index (χ0) is 9.26. The van der Waals surface area contributed by atoms with Crippen LogP contribution in [0.4, 0.5) is 4.39 Å². The Balaban J connectivity index is 2.32. The Hall–Kier alpha value is -1.36. The van der Waals surface area contributed by atoms with Gasteiger partial charge in [0.05, 0.1) is 18.5 Å². The highest BCUT2D eigenvalue weighted by Gasteiger charge is 2.20. The molecule has 13 heavy (non-hydrogen) atoms. The maximum absolute atomic E-state index is 12.7. The molecule has 0 spiro atoms. The van der Waals surface area contributed by atoms with Crippen molar-refractivity contribution in [1.29, 1.82) is 0 Å². The van der Waals surface area contributed by atoms with Crippen LogP contribution in [-0.4, -0.2) is 23.1 Å². The average Bonchev–Trinajstić information content (AvgIpc) is 2.16. The minimum absolute atomic E-state index is 0.118. The van der Waals surface area contributed by atoms with Crippen molar-refractivity contribution in [3.05, 3.63) is 18.0 Å². The van der Waals surface area contributed by atoms with Crippen molar-refractivity contribution < 1.29 is 19.0 Å². The van der Waals surface area contributed by atoms with Crippen LogP contribution in [0.3, 0.4) is 0 Å². The summed E-state index contributed by atoms with van der Waals surface area (Å²) in [6, 6.07) is 1.46. The fourth-order valence-corrected chi connectivity index (χ4v) is 1.08. The van der Waals surface area contributed by atoms with Crippen molar-refractivity contribution in [1.82, 2.24) is 4.98 Å². The van der Waals surface area contributed by atoms with Crippen LogP contribution < -0.4 is 9.47 Å². The molecule has 0 saturated carbocycles. The standard InChI is InChI=1S/C8H8FNO3/c9-8-4-12-7-2-10-5(3-11)1-6(7)13-8/h1-2,8,11H,3-4H2. The van der Waals surface area contributed by atoms with Gasteiger partial charge in [-0.2, -0.15) is 4.39 Å². The van der Waals surface area contributed by atoms with E-state index >= 15 is 0 Å². The van der Waals surface area contributed by atoms with Gasteiger partial charge in [-0.15, -0.1) is 0 Å². The van der Waals surface area contributed by atoms with E-state index < -0.39 is 6.36 Å². The predicted molar refractivity (Wildman–Crippen MR) is 41.2 cm³/mol. The summed E-state index contributed by atoms with van der Waals surface area (Å²) >= 11 is 0. The third kappa shape index (κ3) is 1.55. The second-order valence-electron chi connectivity index (χ2n) is 2.62. The lowest BCUT2D eigenvalue weighted by Gasteiger charge is -2.21. The molecule has 1 aliphatic rings. The quantitative estimate of drug-likeness (QED) is 0.697. The fourth-order valence-electron chi connectivity index (χ4n) is 1.08. The molecule has 0 radical (unpaired) electrons. The smallest absolute Gasteiger partial charge is 0.272 e. The van der Waals surface area contributed by atoms with Gasteiger partial charge in [-0.1, -0.05) is 0 Å². The molecule has 1 aliphatic heterocycles. The van der Waals surface area contributed by atoms with E-state index in [1.54, 1.807) is 0 Å². The monoisotopic (exact) mass is 185 g/mol. The molecule has 1 atom stereocenters. The summed E-state index contributed by atoms with van der Waals surface area (Å²) in [5.41, 5.74) is 0.427. The van der Waals surface area contributed by atoms with Gasteiger partial charge in [-0.25, -0.2) is 0 Å². The van der Waals surface area contributed by atoms with Crippen molar-refractivity contribution >= 4 is 0 Å². The normalized spacial score (nSPS) is 20.0. The molecule has 0 aromatic carbocycles. The van der Waals surface area contributed by atoms with Crippen molar-refractivity contribution in [2.75, 3.05) is 6.61 Å². The lowest BCUT2D eigenvalue weighted by Crippen LogP contribution is -2.24. The number of hydrogen-bond acceptors (Lipinski definition) is 4. The van der Waals surface area contributed by atoms with E-state index in [0.717, 1.165) is 0 Å². The molecule has 2 rings (SSSR count). The summed E-state index contributed by atoms with van der Waals surface area (Å²) in [6.45, 7) is -0.319. The molecule has 5 heteroatoms. The van der Waals surface area contributed by atoms with Crippen molar-refractivity contribution in [3.63, 3.8) is 0 Å². The van der Waals surface area contributed by atoms with E-state index in [2.05, 4.69) is 4.98 Å². The molecule has 1 N–H and O–H groups in total. The predicted octanol–water partition coefficient (Wildman–Crippen LogP) is 0.641. The van der Waals surface area contributed by atoms with E-state index in [1.807, 2.05) is 0 Å².